The van der Waals surface area contributed by atoms with E-state index in [-0.39, 0.29) is 0 Å². The van der Waals surface area contributed by atoms with Crippen molar-refractivity contribution in [2.75, 3.05) is 41.4 Å². The Morgan fingerprint density at radius 1 is 1.32 bits per heavy atom. The number of hydrogen-bond acceptors (Lipinski definition) is 5. The van der Waals surface area contributed by atoms with Crippen LogP contribution in [0, 0.1) is 0 Å². The zero-order valence-electron chi connectivity index (χ0n) is 12.1. The van der Waals surface area contributed by atoms with Crippen molar-refractivity contribution in [3.63, 3.8) is 0 Å². The van der Waals surface area contributed by atoms with E-state index in [9.17, 15) is 0 Å². The zero-order valence-corrected chi connectivity index (χ0v) is 13.0. The lowest BCUT2D eigenvalue weighted by Gasteiger charge is -2.22. The highest BCUT2D eigenvalue weighted by Gasteiger charge is 2.15. The highest BCUT2D eigenvalue weighted by molar-refractivity contribution is 7.99. The van der Waals surface area contributed by atoms with E-state index in [1.807, 2.05) is 11.8 Å². The van der Waals surface area contributed by atoms with Gasteiger partial charge < -0.3 is 10.2 Å². The van der Waals surface area contributed by atoms with Gasteiger partial charge in [-0.2, -0.15) is 11.8 Å². The number of nitrogens with zero attached hydrogens (tertiary/aromatic N) is 3. The first-order valence-electron chi connectivity index (χ1n) is 7.16. The molecule has 4 nitrogen and oxygen atoms in total. The molecule has 1 fully saturated rings. The molecule has 0 atom stereocenters. The maximum Gasteiger partial charge on any atom is 0.135 e. The summed E-state index contributed by atoms with van der Waals surface area (Å²) in [6.07, 6.45) is 1.24. The lowest BCUT2D eigenvalue weighted by Crippen LogP contribution is -2.27. The van der Waals surface area contributed by atoms with Gasteiger partial charge in [-0.3, -0.25) is 0 Å². The first-order valence-corrected chi connectivity index (χ1v) is 8.31. The van der Waals surface area contributed by atoms with E-state index < -0.39 is 0 Å². The number of aromatic nitrogens is 2. The summed E-state index contributed by atoms with van der Waals surface area (Å²) in [4.78, 5) is 11.7. The van der Waals surface area contributed by atoms with Crippen LogP contribution in [0.1, 0.15) is 38.9 Å². The van der Waals surface area contributed by atoms with E-state index in [2.05, 4.69) is 42.0 Å². The number of nitrogens with one attached hydrogen (secondary N) is 1. The quantitative estimate of drug-likeness (QED) is 0.918. The average Bonchev–Trinajstić information content (AvgIpc) is 2.67. The molecule has 0 amide bonds. The van der Waals surface area contributed by atoms with Crippen LogP contribution in [0.15, 0.2) is 6.07 Å². The summed E-state index contributed by atoms with van der Waals surface area (Å²) in [7, 11) is 0. The normalized spacial score (nSPS) is 16.5. The minimum Gasteiger partial charge on any atom is -0.370 e. The number of thioether (sulfide) groups is 1. The van der Waals surface area contributed by atoms with Crippen LogP contribution in [-0.2, 0) is 0 Å². The average molecular weight is 280 g/mol. The van der Waals surface area contributed by atoms with E-state index in [4.69, 9.17) is 4.98 Å². The summed E-state index contributed by atoms with van der Waals surface area (Å²) >= 11 is 2.04. The Morgan fingerprint density at radius 3 is 2.89 bits per heavy atom. The van der Waals surface area contributed by atoms with Gasteiger partial charge >= 0.3 is 0 Å². The molecule has 106 valence electrons. The molecule has 1 aliphatic heterocycles. The molecule has 5 heteroatoms. The fourth-order valence-corrected chi connectivity index (χ4v) is 3.01. The molecule has 2 heterocycles. The molecule has 1 aromatic rings. The molecule has 2 rings (SSSR count). The molecule has 0 aromatic carbocycles. The molecule has 0 saturated carbocycles. The topological polar surface area (TPSA) is 41.0 Å². The molecular weight excluding hydrogens is 256 g/mol. The molecule has 1 saturated heterocycles. The molecule has 1 aliphatic rings. The van der Waals surface area contributed by atoms with Crippen molar-refractivity contribution in [2.24, 2.45) is 0 Å². The third-order valence-corrected chi connectivity index (χ3v) is 4.20. The first kappa shape index (κ1) is 14.4. The van der Waals surface area contributed by atoms with Crippen molar-refractivity contribution in [1.29, 1.82) is 0 Å². The Balaban J connectivity index is 2.26. The lowest BCUT2D eigenvalue weighted by atomic mass is 10.2. The first-order chi connectivity index (χ1) is 9.20. The molecule has 0 aliphatic carbocycles. The van der Waals surface area contributed by atoms with Gasteiger partial charge in [0.1, 0.15) is 17.5 Å². The Kier molecular flexibility index (Phi) is 5.31. The van der Waals surface area contributed by atoms with Gasteiger partial charge in [0, 0.05) is 37.4 Å². The van der Waals surface area contributed by atoms with Gasteiger partial charge in [0.15, 0.2) is 0 Å². The van der Waals surface area contributed by atoms with E-state index >= 15 is 0 Å². The third kappa shape index (κ3) is 4.00. The van der Waals surface area contributed by atoms with Gasteiger partial charge in [0.05, 0.1) is 0 Å². The van der Waals surface area contributed by atoms with E-state index in [1.54, 1.807) is 0 Å². The number of rotatable bonds is 4. The SMILES string of the molecule is CCNc1cc(N2CCCSCC2)nc(C(C)C)n1. The monoisotopic (exact) mass is 280 g/mol. The molecule has 0 spiro atoms. The van der Waals surface area contributed by atoms with Crippen molar-refractivity contribution in [3.05, 3.63) is 11.9 Å². The van der Waals surface area contributed by atoms with Crippen LogP contribution < -0.4 is 10.2 Å². The second-order valence-corrected chi connectivity index (χ2v) is 6.33. The summed E-state index contributed by atoms with van der Waals surface area (Å²) in [5.74, 6) is 5.78. The molecular formula is C14H24N4S. The van der Waals surface area contributed by atoms with E-state index in [0.29, 0.717) is 5.92 Å². The van der Waals surface area contributed by atoms with Gasteiger partial charge in [-0.15, -0.1) is 0 Å². The summed E-state index contributed by atoms with van der Waals surface area (Å²) in [6.45, 7) is 9.47. The van der Waals surface area contributed by atoms with Crippen LogP contribution in [-0.4, -0.2) is 41.1 Å². The van der Waals surface area contributed by atoms with Crippen molar-refractivity contribution >= 4 is 23.4 Å². The van der Waals surface area contributed by atoms with Crippen molar-refractivity contribution in [3.8, 4) is 0 Å². The molecule has 19 heavy (non-hydrogen) atoms. The fraction of sp³-hybridized carbons (Fsp3) is 0.714. The second kappa shape index (κ2) is 6.98. The minimum atomic E-state index is 0.360. The van der Waals surface area contributed by atoms with Crippen molar-refractivity contribution < 1.29 is 0 Å². The molecule has 0 radical (unpaired) electrons. The zero-order chi connectivity index (χ0) is 13.7. The molecule has 1 N–H and O–H groups in total. The van der Waals surface area contributed by atoms with Gasteiger partial charge in [0.2, 0.25) is 0 Å². The van der Waals surface area contributed by atoms with Gasteiger partial charge in [-0.1, -0.05) is 13.8 Å². The minimum absolute atomic E-state index is 0.360. The van der Waals surface area contributed by atoms with Crippen LogP contribution in [0.4, 0.5) is 11.6 Å². The number of hydrogen-bond donors (Lipinski definition) is 1. The Hall–Kier alpha value is -0.970. The highest BCUT2D eigenvalue weighted by atomic mass is 32.2. The van der Waals surface area contributed by atoms with Crippen LogP contribution >= 0.6 is 11.8 Å². The smallest absolute Gasteiger partial charge is 0.135 e. The summed E-state index contributed by atoms with van der Waals surface area (Å²) < 4.78 is 0. The number of anilines is 2. The van der Waals surface area contributed by atoms with Crippen molar-refractivity contribution in [1.82, 2.24) is 9.97 Å². The summed E-state index contributed by atoms with van der Waals surface area (Å²) in [6, 6.07) is 2.09. The maximum absolute atomic E-state index is 4.75. The second-order valence-electron chi connectivity index (χ2n) is 5.11. The third-order valence-electron chi connectivity index (χ3n) is 3.15. The predicted molar refractivity (Wildman–Crippen MR) is 84.4 cm³/mol. The lowest BCUT2D eigenvalue weighted by molar-refractivity contribution is 0.747. The van der Waals surface area contributed by atoms with E-state index in [1.165, 1.54) is 17.9 Å². The van der Waals surface area contributed by atoms with Gasteiger partial charge in [-0.05, 0) is 19.1 Å². The molecule has 0 bridgehead atoms. The Morgan fingerprint density at radius 2 is 2.16 bits per heavy atom. The highest BCUT2D eigenvalue weighted by Crippen LogP contribution is 2.22. The fourth-order valence-electron chi connectivity index (χ4n) is 2.12. The van der Waals surface area contributed by atoms with Gasteiger partial charge in [-0.25, -0.2) is 9.97 Å². The molecule has 0 unspecified atom stereocenters. The predicted octanol–water partition coefficient (Wildman–Crippen LogP) is 2.98. The van der Waals surface area contributed by atoms with Crippen LogP contribution in [0.3, 0.4) is 0 Å². The van der Waals surface area contributed by atoms with Crippen LogP contribution in [0.2, 0.25) is 0 Å². The Labute approximate surface area is 120 Å². The maximum atomic E-state index is 4.75. The van der Waals surface area contributed by atoms with E-state index in [0.717, 1.165) is 37.1 Å². The standard InChI is InChI=1S/C14H24N4S/c1-4-15-12-10-13(17-14(16-12)11(2)3)18-6-5-8-19-9-7-18/h10-11H,4-9H2,1-3H3,(H,15,16,17). The molecule has 1 aromatic heterocycles. The van der Waals surface area contributed by atoms with Crippen LogP contribution in [0.25, 0.3) is 0 Å². The van der Waals surface area contributed by atoms with Crippen molar-refractivity contribution in [2.45, 2.75) is 33.1 Å². The van der Waals surface area contributed by atoms with Gasteiger partial charge in [0.25, 0.3) is 0 Å². The summed E-state index contributed by atoms with van der Waals surface area (Å²) in [5, 5.41) is 3.31. The van der Waals surface area contributed by atoms with Crippen LogP contribution in [0.5, 0.6) is 0 Å². The summed E-state index contributed by atoms with van der Waals surface area (Å²) in [5.41, 5.74) is 0. The Bertz CT molecular complexity index is 400. The largest absolute Gasteiger partial charge is 0.370 e.